The molecule has 1 unspecified atom stereocenters. The molecule has 4 heteroatoms. The number of nitrogens with one attached hydrogen (secondary N) is 1. The maximum Gasteiger partial charge on any atom is 0.193 e. The standard InChI is InChI=1S/C13H27N3S/c1-4-6-7-8-15-13(14-3)16-9-10-17-12(5-2)11-16/h12H,4-11H2,1-3H3,(H,14,15). The van der Waals surface area contributed by atoms with E-state index in [-0.39, 0.29) is 0 Å². The summed E-state index contributed by atoms with van der Waals surface area (Å²) >= 11 is 2.10. The number of unbranched alkanes of at least 4 members (excludes halogenated alkanes) is 2. The molecule has 0 aromatic carbocycles. The average Bonchev–Trinajstić information content (AvgIpc) is 2.39. The molecule has 0 saturated carbocycles. The van der Waals surface area contributed by atoms with Crippen LogP contribution in [0.2, 0.25) is 0 Å². The van der Waals surface area contributed by atoms with E-state index in [2.05, 4.69) is 40.8 Å². The summed E-state index contributed by atoms with van der Waals surface area (Å²) in [6, 6.07) is 0. The Kier molecular flexibility index (Phi) is 7.49. The van der Waals surface area contributed by atoms with Crippen molar-refractivity contribution in [2.24, 2.45) is 4.99 Å². The van der Waals surface area contributed by atoms with Crippen molar-refractivity contribution < 1.29 is 0 Å². The van der Waals surface area contributed by atoms with Crippen molar-refractivity contribution in [3.05, 3.63) is 0 Å². The molecule has 17 heavy (non-hydrogen) atoms. The van der Waals surface area contributed by atoms with E-state index in [4.69, 9.17) is 0 Å². The molecule has 1 aliphatic heterocycles. The lowest BCUT2D eigenvalue weighted by molar-refractivity contribution is 0.407. The van der Waals surface area contributed by atoms with Crippen molar-refractivity contribution in [2.75, 3.05) is 32.4 Å². The molecule has 0 aliphatic carbocycles. The van der Waals surface area contributed by atoms with Gasteiger partial charge >= 0.3 is 0 Å². The van der Waals surface area contributed by atoms with Crippen molar-refractivity contribution in [2.45, 2.75) is 44.8 Å². The third-order valence-corrected chi connectivity index (χ3v) is 4.54. The Morgan fingerprint density at radius 2 is 2.24 bits per heavy atom. The molecule has 100 valence electrons. The Hall–Kier alpha value is -0.380. The Morgan fingerprint density at radius 3 is 2.88 bits per heavy atom. The van der Waals surface area contributed by atoms with E-state index < -0.39 is 0 Å². The van der Waals surface area contributed by atoms with Crippen LogP contribution < -0.4 is 5.32 Å². The molecular formula is C13H27N3S. The van der Waals surface area contributed by atoms with Crippen LogP contribution in [0.4, 0.5) is 0 Å². The molecule has 0 amide bonds. The molecule has 0 aromatic heterocycles. The van der Waals surface area contributed by atoms with Gasteiger partial charge < -0.3 is 10.2 Å². The summed E-state index contributed by atoms with van der Waals surface area (Å²) in [5, 5.41) is 4.26. The Labute approximate surface area is 110 Å². The van der Waals surface area contributed by atoms with Gasteiger partial charge in [-0.25, -0.2) is 0 Å². The molecule has 1 saturated heterocycles. The summed E-state index contributed by atoms with van der Waals surface area (Å²) in [5.74, 6) is 2.33. The van der Waals surface area contributed by atoms with Crippen LogP contribution in [0.15, 0.2) is 4.99 Å². The van der Waals surface area contributed by atoms with Crippen molar-refractivity contribution in [1.29, 1.82) is 0 Å². The summed E-state index contributed by atoms with van der Waals surface area (Å²) in [5.41, 5.74) is 0. The minimum atomic E-state index is 0.776. The van der Waals surface area contributed by atoms with Crippen LogP contribution in [-0.2, 0) is 0 Å². The van der Waals surface area contributed by atoms with E-state index in [0.717, 1.165) is 30.8 Å². The fraction of sp³-hybridized carbons (Fsp3) is 0.923. The zero-order chi connectivity index (χ0) is 12.5. The van der Waals surface area contributed by atoms with Crippen molar-refractivity contribution >= 4 is 17.7 Å². The predicted octanol–water partition coefficient (Wildman–Crippen LogP) is 2.58. The number of nitrogens with zero attached hydrogens (tertiary/aromatic N) is 2. The van der Waals surface area contributed by atoms with Gasteiger partial charge in [-0.15, -0.1) is 0 Å². The highest BCUT2D eigenvalue weighted by Crippen LogP contribution is 2.20. The number of hydrogen-bond donors (Lipinski definition) is 1. The minimum Gasteiger partial charge on any atom is -0.356 e. The molecule has 1 heterocycles. The van der Waals surface area contributed by atoms with Crippen LogP contribution in [0.3, 0.4) is 0 Å². The number of rotatable bonds is 5. The van der Waals surface area contributed by atoms with Crippen LogP contribution in [-0.4, -0.2) is 48.5 Å². The molecule has 3 nitrogen and oxygen atoms in total. The highest BCUT2D eigenvalue weighted by atomic mass is 32.2. The largest absolute Gasteiger partial charge is 0.356 e. The number of guanidine groups is 1. The minimum absolute atomic E-state index is 0.776. The van der Waals surface area contributed by atoms with Gasteiger partial charge in [-0.1, -0.05) is 26.7 Å². The number of hydrogen-bond acceptors (Lipinski definition) is 2. The third-order valence-electron chi connectivity index (χ3n) is 3.17. The molecule has 0 aromatic rings. The monoisotopic (exact) mass is 257 g/mol. The summed E-state index contributed by atoms with van der Waals surface area (Å²) in [6.07, 6.45) is 5.08. The average molecular weight is 257 g/mol. The topological polar surface area (TPSA) is 27.6 Å². The highest BCUT2D eigenvalue weighted by Gasteiger charge is 2.20. The first kappa shape index (κ1) is 14.7. The molecule has 1 rings (SSSR count). The summed E-state index contributed by atoms with van der Waals surface area (Å²) in [7, 11) is 1.89. The first-order valence-electron chi connectivity index (χ1n) is 6.89. The lowest BCUT2D eigenvalue weighted by atomic mass is 10.2. The van der Waals surface area contributed by atoms with Gasteiger partial charge in [0, 0.05) is 37.7 Å². The van der Waals surface area contributed by atoms with Crippen LogP contribution in [0.5, 0.6) is 0 Å². The number of thioether (sulfide) groups is 1. The van der Waals surface area contributed by atoms with Gasteiger partial charge in [0.15, 0.2) is 5.96 Å². The molecular weight excluding hydrogens is 230 g/mol. The zero-order valence-corrected chi connectivity index (χ0v) is 12.4. The summed E-state index contributed by atoms with van der Waals surface area (Å²) in [6.45, 7) is 7.85. The van der Waals surface area contributed by atoms with Crippen molar-refractivity contribution in [3.63, 3.8) is 0 Å². The van der Waals surface area contributed by atoms with Crippen LogP contribution >= 0.6 is 11.8 Å². The first-order valence-corrected chi connectivity index (χ1v) is 7.93. The molecule has 1 atom stereocenters. The normalized spacial score (nSPS) is 21.7. The van der Waals surface area contributed by atoms with Gasteiger partial charge in [-0.05, 0) is 12.8 Å². The fourth-order valence-electron chi connectivity index (χ4n) is 2.07. The second-order valence-electron chi connectivity index (χ2n) is 4.53. The lowest BCUT2D eigenvalue weighted by Gasteiger charge is -2.34. The lowest BCUT2D eigenvalue weighted by Crippen LogP contribution is -2.48. The van der Waals surface area contributed by atoms with E-state index >= 15 is 0 Å². The SMILES string of the molecule is CCCCCNC(=NC)N1CCSC(CC)C1. The quantitative estimate of drug-likeness (QED) is 0.466. The summed E-state index contributed by atoms with van der Waals surface area (Å²) in [4.78, 5) is 6.81. The van der Waals surface area contributed by atoms with E-state index in [1.807, 2.05) is 7.05 Å². The van der Waals surface area contributed by atoms with E-state index in [0.29, 0.717) is 0 Å². The zero-order valence-electron chi connectivity index (χ0n) is 11.5. The predicted molar refractivity (Wildman–Crippen MR) is 79.0 cm³/mol. The second-order valence-corrected chi connectivity index (χ2v) is 5.94. The first-order chi connectivity index (χ1) is 8.31. The van der Waals surface area contributed by atoms with E-state index in [9.17, 15) is 0 Å². The van der Waals surface area contributed by atoms with Gasteiger partial charge in [0.2, 0.25) is 0 Å². The van der Waals surface area contributed by atoms with Gasteiger partial charge in [-0.3, -0.25) is 4.99 Å². The number of aliphatic imine (C=N–C) groups is 1. The Morgan fingerprint density at radius 1 is 1.41 bits per heavy atom. The highest BCUT2D eigenvalue weighted by molar-refractivity contribution is 8.00. The van der Waals surface area contributed by atoms with Gasteiger partial charge in [0.05, 0.1) is 0 Å². The van der Waals surface area contributed by atoms with Crippen molar-refractivity contribution in [1.82, 2.24) is 10.2 Å². The van der Waals surface area contributed by atoms with Crippen molar-refractivity contribution in [3.8, 4) is 0 Å². The Balaban J connectivity index is 2.33. The van der Waals surface area contributed by atoms with Gasteiger partial charge in [0.1, 0.15) is 0 Å². The third kappa shape index (κ3) is 5.19. The fourth-order valence-corrected chi connectivity index (χ4v) is 3.25. The van der Waals surface area contributed by atoms with Crippen LogP contribution in [0, 0.1) is 0 Å². The maximum absolute atomic E-state index is 4.40. The summed E-state index contributed by atoms with van der Waals surface area (Å²) < 4.78 is 0. The van der Waals surface area contributed by atoms with E-state index in [1.54, 1.807) is 0 Å². The molecule has 0 radical (unpaired) electrons. The maximum atomic E-state index is 4.40. The molecule has 1 N–H and O–H groups in total. The molecule has 1 fully saturated rings. The van der Waals surface area contributed by atoms with Gasteiger partial charge in [0.25, 0.3) is 0 Å². The van der Waals surface area contributed by atoms with Crippen LogP contribution in [0.25, 0.3) is 0 Å². The smallest absolute Gasteiger partial charge is 0.193 e. The van der Waals surface area contributed by atoms with E-state index in [1.165, 1.54) is 31.4 Å². The second kappa shape index (κ2) is 8.67. The molecule has 0 bridgehead atoms. The van der Waals surface area contributed by atoms with Gasteiger partial charge in [-0.2, -0.15) is 11.8 Å². The van der Waals surface area contributed by atoms with Crippen LogP contribution in [0.1, 0.15) is 39.5 Å². The molecule has 1 aliphatic rings. The molecule has 0 spiro atoms. The Bertz CT molecular complexity index is 231.